The van der Waals surface area contributed by atoms with Gasteiger partial charge in [-0.3, -0.25) is 4.79 Å². The number of anilines is 2. The molecule has 0 radical (unpaired) electrons. The number of methoxy groups -OCH3 is 2. The monoisotopic (exact) mass is 459 g/mol. The molecular weight excluding hydrogens is 433 g/mol. The fourth-order valence-corrected chi connectivity index (χ4v) is 4.73. The molecule has 32 heavy (non-hydrogen) atoms. The Bertz CT molecular complexity index is 1140. The second-order valence-corrected chi connectivity index (χ2v) is 8.98. The van der Waals surface area contributed by atoms with E-state index in [4.69, 9.17) is 15.2 Å². The maximum absolute atomic E-state index is 15.0. The minimum absolute atomic E-state index is 0.0274. The number of ether oxygens (including phenoxy) is 2. The van der Waals surface area contributed by atoms with Crippen molar-refractivity contribution in [3.63, 3.8) is 0 Å². The first-order valence-electron chi connectivity index (χ1n) is 10.4. The fraction of sp³-hybridized carbons (Fsp3) is 0.409. The smallest absolute Gasteiger partial charge is 0.228 e. The van der Waals surface area contributed by atoms with Gasteiger partial charge < -0.3 is 25.0 Å². The topological polar surface area (TPSA) is 93.8 Å². The van der Waals surface area contributed by atoms with Crippen LogP contribution in [0.2, 0.25) is 0 Å². The number of hydrogen-bond donors (Lipinski definition) is 1. The zero-order chi connectivity index (χ0) is 22.8. The van der Waals surface area contributed by atoms with Crippen molar-refractivity contribution in [1.29, 1.82) is 0 Å². The molecule has 2 N–H and O–H groups in total. The summed E-state index contributed by atoms with van der Waals surface area (Å²) >= 11 is 1.73. The summed E-state index contributed by atoms with van der Waals surface area (Å²) in [6.07, 6.45) is 1.25. The van der Waals surface area contributed by atoms with Gasteiger partial charge in [0.2, 0.25) is 11.9 Å². The van der Waals surface area contributed by atoms with E-state index in [1.165, 1.54) is 24.0 Å². The van der Waals surface area contributed by atoms with Crippen LogP contribution in [0.3, 0.4) is 0 Å². The Morgan fingerprint density at radius 1 is 1.19 bits per heavy atom. The summed E-state index contributed by atoms with van der Waals surface area (Å²) in [6.45, 7) is 4.26. The molecular formula is C22H26FN5O3S. The largest absolute Gasteiger partial charge is 0.493 e. The summed E-state index contributed by atoms with van der Waals surface area (Å²) in [5.74, 6) is 0.190. The lowest BCUT2D eigenvalue weighted by Crippen LogP contribution is -2.49. The number of carbonyl (C=O) groups is 1. The van der Waals surface area contributed by atoms with E-state index >= 15 is 4.39 Å². The van der Waals surface area contributed by atoms with Crippen LogP contribution in [0.4, 0.5) is 16.2 Å². The number of hydrogen-bond acceptors (Lipinski definition) is 8. The number of halogens is 1. The standard InChI is InChI=1S/C22H26FN5O3S/c1-13-4-5-14(32-13)6-7-17(29)27-8-10-28(11-9-27)22-25-19-15(21(24)26-22)12-16(30-2)20(31-3)18(19)23/h4-5,12H,6-11H2,1-3H3,(H2,24,25,26). The quantitative estimate of drug-likeness (QED) is 0.606. The highest BCUT2D eigenvalue weighted by Crippen LogP contribution is 2.37. The third kappa shape index (κ3) is 4.27. The van der Waals surface area contributed by atoms with Crippen molar-refractivity contribution in [1.82, 2.24) is 14.9 Å². The molecule has 0 aliphatic carbocycles. The van der Waals surface area contributed by atoms with E-state index in [1.54, 1.807) is 17.4 Å². The molecule has 8 nitrogen and oxygen atoms in total. The summed E-state index contributed by atoms with van der Waals surface area (Å²) in [5, 5.41) is 0.363. The van der Waals surface area contributed by atoms with Crippen LogP contribution in [0.25, 0.3) is 10.9 Å². The highest BCUT2D eigenvalue weighted by molar-refractivity contribution is 7.11. The molecule has 1 saturated heterocycles. The number of rotatable bonds is 6. The van der Waals surface area contributed by atoms with E-state index in [0.717, 1.165) is 6.42 Å². The van der Waals surface area contributed by atoms with Crippen LogP contribution in [-0.4, -0.2) is 61.2 Å². The number of thiophene rings is 1. The molecule has 1 aliphatic heterocycles. The van der Waals surface area contributed by atoms with Crippen molar-refractivity contribution in [3.8, 4) is 11.5 Å². The molecule has 4 rings (SSSR count). The van der Waals surface area contributed by atoms with Gasteiger partial charge in [-0.15, -0.1) is 11.3 Å². The van der Waals surface area contributed by atoms with Crippen molar-refractivity contribution in [2.24, 2.45) is 0 Å². The van der Waals surface area contributed by atoms with Gasteiger partial charge in [0.15, 0.2) is 17.3 Å². The first-order valence-corrected chi connectivity index (χ1v) is 11.2. The second-order valence-electron chi connectivity index (χ2n) is 7.61. The van der Waals surface area contributed by atoms with Crippen LogP contribution in [0.1, 0.15) is 16.2 Å². The van der Waals surface area contributed by atoms with Crippen LogP contribution < -0.4 is 20.1 Å². The minimum atomic E-state index is -0.644. The average Bonchev–Trinajstić information content (AvgIpc) is 3.22. The number of fused-ring (bicyclic) bond motifs is 1. The van der Waals surface area contributed by atoms with Gasteiger partial charge >= 0.3 is 0 Å². The minimum Gasteiger partial charge on any atom is -0.493 e. The number of carbonyl (C=O) groups excluding carboxylic acids is 1. The van der Waals surface area contributed by atoms with Crippen LogP contribution in [0.5, 0.6) is 11.5 Å². The van der Waals surface area contributed by atoms with Gasteiger partial charge in [-0.25, -0.2) is 9.37 Å². The number of amides is 1. The molecule has 1 fully saturated rings. The van der Waals surface area contributed by atoms with E-state index < -0.39 is 5.82 Å². The van der Waals surface area contributed by atoms with Crippen LogP contribution in [0, 0.1) is 12.7 Å². The van der Waals surface area contributed by atoms with Gasteiger partial charge in [0.05, 0.1) is 14.2 Å². The number of aromatic nitrogens is 2. The summed E-state index contributed by atoms with van der Waals surface area (Å²) in [5.41, 5.74) is 6.19. The molecule has 2 aromatic heterocycles. The van der Waals surface area contributed by atoms with Crippen LogP contribution in [0.15, 0.2) is 18.2 Å². The molecule has 0 atom stereocenters. The first-order chi connectivity index (χ1) is 15.4. The number of piperazine rings is 1. The number of nitrogens with two attached hydrogens (primary N) is 1. The molecule has 0 saturated carbocycles. The van der Waals surface area contributed by atoms with Crippen LogP contribution in [-0.2, 0) is 11.2 Å². The van der Waals surface area contributed by atoms with Crippen molar-refractivity contribution < 1.29 is 18.7 Å². The highest BCUT2D eigenvalue weighted by Gasteiger charge is 2.25. The molecule has 170 valence electrons. The predicted molar refractivity (Wildman–Crippen MR) is 123 cm³/mol. The van der Waals surface area contributed by atoms with Crippen molar-refractivity contribution in [2.45, 2.75) is 19.8 Å². The zero-order valence-corrected chi connectivity index (χ0v) is 19.2. The van der Waals surface area contributed by atoms with Gasteiger partial charge in [-0.1, -0.05) is 0 Å². The number of nitrogens with zero attached hydrogens (tertiary/aromatic N) is 4. The van der Waals surface area contributed by atoms with Gasteiger partial charge in [0, 0.05) is 47.7 Å². The maximum atomic E-state index is 15.0. The van der Waals surface area contributed by atoms with Gasteiger partial charge in [0.1, 0.15) is 11.3 Å². The molecule has 3 aromatic rings. The molecule has 1 amide bonds. The molecule has 10 heteroatoms. The van der Waals surface area contributed by atoms with Crippen molar-refractivity contribution in [2.75, 3.05) is 51.0 Å². The zero-order valence-electron chi connectivity index (χ0n) is 18.4. The Kier molecular flexibility index (Phi) is 6.31. The van der Waals surface area contributed by atoms with E-state index in [0.29, 0.717) is 43.9 Å². The normalized spacial score (nSPS) is 14.1. The SMILES string of the molecule is COc1cc2c(N)nc(N3CCN(C(=O)CCc4ccc(C)s4)CC3)nc2c(F)c1OC. The molecule has 0 unspecified atom stereocenters. The number of nitrogen functional groups attached to an aromatic ring is 1. The van der Waals surface area contributed by atoms with Crippen LogP contribution >= 0.6 is 11.3 Å². The van der Waals surface area contributed by atoms with E-state index in [9.17, 15) is 4.79 Å². The third-order valence-corrected chi connectivity index (χ3v) is 6.65. The lowest BCUT2D eigenvalue weighted by Gasteiger charge is -2.35. The fourth-order valence-electron chi connectivity index (χ4n) is 3.84. The lowest BCUT2D eigenvalue weighted by molar-refractivity contribution is -0.131. The molecule has 3 heterocycles. The maximum Gasteiger partial charge on any atom is 0.228 e. The highest BCUT2D eigenvalue weighted by atomic mass is 32.1. The Morgan fingerprint density at radius 2 is 1.94 bits per heavy atom. The Morgan fingerprint density at radius 3 is 2.56 bits per heavy atom. The van der Waals surface area contributed by atoms with Crippen molar-refractivity contribution in [3.05, 3.63) is 33.8 Å². The summed E-state index contributed by atoms with van der Waals surface area (Å²) < 4.78 is 25.3. The molecule has 0 spiro atoms. The summed E-state index contributed by atoms with van der Waals surface area (Å²) in [6, 6.07) is 5.73. The summed E-state index contributed by atoms with van der Waals surface area (Å²) in [7, 11) is 2.80. The Labute approximate surface area is 189 Å². The molecule has 0 bridgehead atoms. The first kappa shape index (κ1) is 22.1. The van der Waals surface area contributed by atoms with E-state index in [-0.39, 0.29) is 28.7 Å². The van der Waals surface area contributed by atoms with Gasteiger partial charge in [0.25, 0.3) is 0 Å². The Hall–Kier alpha value is -3.14. The van der Waals surface area contributed by atoms with Gasteiger partial charge in [-0.05, 0) is 31.5 Å². The lowest BCUT2D eigenvalue weighted by atomic mass is 10.2. The average molecular weight is 460 g/mol. The van der Waals surface area contributed by atoms with E-state index in [1.807, 2.05) is 9.80 Å². The molecule has 1 aliphatic rings. The number of aryl methyl sites for hydroxylation is 2. The third-order valence-electron chi connectivity index (χ3n) is 5.59. The predicted octanol–water partition coefficient (Wildman–Crippen LogP) is 3.02. The second kappa shape index (κ2) is 9.15. The Balaban J connectivity index is 1.46. The van der Waals surface area contributed by atoms with Crippen molar-refractivity contribution >= 4 is 39.9 Å². The van der Waals surface area contributed by atoms with Gasteiger partial charge in [-0.2, -0.15) is 4.98 Å². The van der Waals surface area contributed by atoms with E-state index in [2.05, 4.69) is 29.0 Å². The summed E-state index contributed by atoms with van der Waals surface area (Å²) in [4.78, 5) is 27.6. The molecule has 1 aromatic carbocycles. The number of benzene rings is 1.